The van der Waals surface area contributed by atoms with Gasteiger partial charge in [-0.2, -0.15) is 0 Å². The molecule has 0 saturated carbocycles. The number of hydrogen-bond donors (Lipinski definition) is 2. The normalized spacial score (nSPS) is 11.9. The molecule has 3 N–H and O–H groups in total. The zero-order valence-electron chi connectivity index (χ0n) is 10.8. The number of rotatable bonds is 5. The monoisotopic (exact) mass is 260 g/mol. The first-order valence-electron chi connectivity index (χ1n) is 5.74. The molecule has 6 nitrogen and oxygen atoms in total. The van der Waals surface area contributed by atoms with Crippen molar-refractivity contribution in [2.24, 2.45) is 5.84 Å². The molecule has 1 aromatic heterocycles. The van der Waals surface area contributed by atoms with Crippen LogP contribution in [0.3, 0.4) is 0 Å². The maximum absolute atomic E-state index is 5.63. The van der Waals surface area contributed by atoms with Gasteiger partial charge in [0.1, 0.15) is 12.1 Å². The van der Waals surface area contributed by atoms with E-state index in [2.05, 4.69) is 15.4 Å². The summed E-state index contributed by atoms with van der Waals surface area (Å²) in [6.45, 7) is 0. The van der Waals surface area contributed by atoms with Crippen LogP contribution < -0.4 is 20.7 Å². The van der Waals surface area contributed by atoms with Crippen molar-refractivity contribution in [1.82, 2.24) is 15.4 Å². The summed E-state index contributed by atoms with van der Waals surface area (Å²) < 4.78 is 10.3. The van der Waals surface area contributed by atoms with E-state index < -0.39 is 0 Å². The molecule has 0 aliphatic heterocycles. The first kappa shape index (κ1) is 13.3. The average molecular weight is 260 g/mol. The Morgan fingerprint density at radius 1 is 1.16 bits per heavy atom. The highest BCUT2D eigenvalue weighted by Crippen LogP contribution is 2.24. The minimum atomic E-state index is -0.257. The van der Waals surface area contributed by atoms with Crippen LogP contribution in [-0.4, -0.2) is 24.2 Å². The lowest BCUT2D eigenvalue weighted by Gasteiger charge is -2.16. The Labute approximate surface area is 111 Å². The fraction of sp³-hybridized carbons (Fsp3) is 0.231. The van der Waals surface area contributed by atoms with Gasteiger partial charge in [-0.3, -0.25) is 5.84 Å². The summed E-state index contributed by atoms with van der Waals surface area (Å²) >= 11 is 0. The smallest absolute Gasteiger partial charge is 0.216 e. The number of aromatic nitrogens is 2. The lowest BCUT2D eigenvalue weighted by Crippen LogP contribution is -2.29. The third-order valence-corrected chi connectivity index (χ3v) is 2.76. The van der Waals surface area contributed by atoms with Crippen molar-refractivity contribution in [2.75, 3.05) is 14.2 Å². The summed E-state index contributed by atoms with van der Waals surface area (Å²) in [6.07, 6.45) is 1.44. The van der Waals surface area contributed by atoms with Gasteiger partial charge in [-0.05, 0) is 17.7 Å². The van der Waals surface area contributed by atoms with Crippen molar-refractivity contribution >= 4 is 0 Å². The van der Waals surface area contributed by atoms with E-state index in [1.165, 1.54) is 6.33 Å². The van der Waals surface area contributed by atoms with Gasteiger partial charge in [-0.1, -0.05) is 12.1 Å². The van der Waals surface area contributed by atoms with Crippen LogP contribution in [-0.2, 0) is 0 Å². The lowest BCUT2D eigenvalue weighted by atomic mass is 10.0. The predicted octanol–water partition coefficient (Wildman–Crippen LogP) is 1.05. The quantitative estimate of drug-likeness (QED) is 0.617. The number of benzene rings is 1. The SMILES string of the molecule is COc1cccc(C(NN)c2cc(OC)ncn2)c1. The molecule has 1 heterocycles. The fourth-order valence-electron chi connectivity index (χ4n) is 1.80. The van der Waals surface area contributed by atoms with E-state index in [4.69, 9.17) is 15.3 Å². The molecule has 0 amide bonds. The molecular formula is C13H16N4O2. The van der Waals surface area contributed by atoms with Gasteiger partial charge in [0.25, 0.3) is 0 Å². The summed E-state index contributed by atoms with van der Waals surface area (Å²) in [5, 5.41) is 0. The van der Waals surface area contributed by atoms with E-state index >= 15 is 0 Å². The predicted molar refractivity (Wildman–Crippen MR) is 70.7 cm³/mol. The maximum Gasteiger partial charge on any atom is 0.216 e. The van der Waals surface area contributed by atoms with E-state index in [0.29, 0.717) is 5.88 Å². The molecular weight excluding hydrogens is 244 g/mol. The van der Waals surface area contributed by atoms with Crippen molar-refractivity contribution in [2.45, 2.75) is 6.04 Å². The molecule has 100 valence electrons. The highest BCUT2D eigenvalue weighted by Gasteiger charge is 2.15. The van der Waals surface area contributed by atoms with Gasteiger partial charge in [0.05, 0.1) is 26.0 Å². The zero-order chi connectivity index (χ0) is 13.7. The van der Waals surface area contributed by atoms with Crippen LogP contribution in [0.1, 0.15) is 17.3 Å². The topological polar surface area (TPSA) is 82.3 Å². The number of methoxy groups -OCH3 is 2. The number of nitrogens with zero attached hydrogens (tertiary/aromatic N) is 2. The van der Waals surface area contributed by atoms with E-state index in [-0.39, 0.29) is 6.04 Å². The Bertz CT molecular complexity index is 500. The highest BCUT2D eigenvalue weighted by atomic mass is 16.5. The standard InChI is InChI=1S/C13H16N4O2/c1-18-10-5-3-4-9(6-10)13(17-14)11-7-12(19-2)16-8-15-11/h3-8,13,17H,14H2,1-2H3. The van der Waals surface area contributed by atoms with Gasteiger partial charge in [0.15, 0.2) is 0 Å². The number of nitrogens with two attached hydrogens (primary N) is 1. The minimum Gasteiger partial charge on any atom is -0.497 e. The van der Waals surface area contributed by atoms with E-state index in [9.17, 15) is 0 Å². The summed E-state index contributed by atoms with van der Waals surface area (Å²) in [7, 11) is 3.18. The molecule has 0 saturated heterocycles. The van der Waals surface area contributed by atoms with Gasteiger partial charge < -0.3 is 9.47 Å². The fourth-order valence-corrected chi connectivity index (χ4v) is 1.80. The molecule has 0 spiro atoms. The van der Waals surface area contributed by atoms with Gasteiger partial charge in [-0.25, -0.2) is 15.4 Å². The number of hydrogen-bond acceptors (Lipinski definition) is 6. The molecule has 19 heavy (non-hydrogen) atoms. The Morgan fingerprint density at radius 2 is 2.00 bits per heavy atom. The first-order valence-corrected chi connectivity index (χ1v) is 5.74. The highest BCUT2D eigenvalue weighted by molar-refractivity contribution is 5.35. The molecule has 1 atom stereocenters. The summed E-state index contributed by atoms with van der Waals surface area (Å²) in [4.78, 5) is 8.19. The second-order valence-electron chi connectivity index (χ2n) is 3.86. The first-order chi connectivity index (χ1) is 9.28. The molecule has 0 radical (unpaired) electrons. The van der Waals surface area contributed by atoms with E-state index in [1.54, 1.807) is 20.3 Å². The van der Waals surface area contributed by atoms with Crippen LogP contribution in [0.2, 0.25) is 0 Å². The van der Waals surface area contributed by atoms with Crippen molar-refractivity contribution in [3.05, 3.63) is 47.9 Å². The van der Waals surface area contributed by atoms with Crippen LogP contribution in [0, 0.1) is 0 Å². The number of nitrogens with one attached hydrogen (secondary N) is 1. The van der Waals surface area contributed by atoms with Gasteiger partial charge in [0.2, 0.25) is 5.88 Å². The second-order valence-corrected chi connectivity index (χ2v) is 3.86. The van der Waals surface area contributed by atoms with Crippen molar-refractivity contribution in [3.8, 4) is 11.6 Å². The summed E-state index contributed by atoms with van der Waals surface area (Å²) in [5.41, 5.74) is 4.41. The number of hydrazine groups is 1. The van der Waals surface area contributed by atoms with Crippen molar-refractivity contribution in [3.63, 3.8) is 0 Å². The lowest BCUT2D eigenvalue weighted by molar-refractivity contribution is 0.394. The van der Waals surface area contributed by atoms with Crippen molar-refractivity contribution < 1.29 is 9.47 Å². The Balaban J connectivity index is 2.37. The summed E-state index contributed by atoms with van der Waals surface area (Å²) in [6, 6.07) is 9.10. The molecule has 0 aliphatic carbocycles. The Morgan fingerprint density at radius 3 is 2.68 bits per heavy atom. The zero-order valence-corrected chi connectivity index (χ0v) is 10.8. The summed E-state index contributed by atoms with van der Waals surface area (Å²) in [5.74, 6) is 6.88. The van der Waals surface area contributed by atoms with Crippen LogP contribution >= 0.6 is 0 Å². The van der Waals surface area contributed by atoms with Crippen LogP contribution in [0.25, 0.3) is 0 Å². The second kappa shape index (κ2) is 6.12. The molecule has 0 fully saturated rings. The molecule has 2 rings (SSSR count). The molecule has 1 aromatic carbocycles. The average Bonchev–Trinajstić information content (AvgIpc) is 2.48. The Kier molecular flexibility index (Phi) is 4.27. The van der Waals surface area contributed by atoms with Crippen molar-refractivity contribution in [1.29, 1.82) is 0 Å². The van der Waals surface area contributed by atoms with Gasteiger partial charge in [0, 0.05) is 6.07 Å². The van der Waals surface area contributed by atoms with Gasteiger partial charge in [-0.15, -0.1) is 0 Å². The van der Waals surface area contributed by atoms with Crippen LogP contribution in [0.5, 0.6) is 11.6 Å². The molecule has 2 aromatic rings. The Hall–Kier alpha value is -2.18. The third-order valence-electron chi connectivity index (χ3n) is 2.76. The van der Waals surface area contributed by atoms with Gasteiger partial charge >= 0.3 is 0 Å². The van der Waals surface area contributed by atoms with E-state index in [0.717, 1.165) is 17.0 Å². The van der Waals surface area contributed by atoms with Crippen LogP contribution in [0.15, 0.2) is 36.7 Å². The largest absolute Gasteiger partial charge is 0.497 e. The maximum atomic E-state index is 5.63. The minimum absolute atomic E-state index is 0.257. The third kappa shape index (κ3) is 2.98. The molecule has 0 aliphatic rings. The van der Waals surface area contributed by atoms with Crippen LogP contribution in [0.4, 0.5) is 0 Å². The molecule has 6 heteroatoms. The molecule has 0 bridgehead atoms. The number of ether oxygens (including phenoxy) is 2. The molecule has 1 unspecified atom stereocenters. The van der Waals surface area contributed by atoms with E-state index in [1.807, 2.05) is 24.3 Å².